The van der Waals surface area contributed by atoms with Crippen LogP contribution in [0.25, 0.3) is 10.9 Å². The molecule has 2 aromatic rings. The van der Waals surface area contributed by atoms with Gasteiger partial charge >= 0.3 is 0 Å². The van der Waals surface area contributed by atoms with Crippen LogP contribution in [0.1, 0.15) is 0 Å². The maximum Gasteiger partial charge on any atom is 0.288 e. The van der Waals surface area contributed by atoms with Crippen LogP contribution < -0.4 is 0 Å². The average Bonchev–Trinajstić information content (AvgIpc) is 2.25. The molecule has 0 atom stereocenters. The molecule has 1 aromatic heterocycles. The molecule has 4 nitrogen and oxygen atoms in total. The minimum Gasteiger partial charge on any atom is -0.258 e. The summed E-state index contributed by atoms with van der Waals surface area (Å²) in [5.41, 5.74) is -0.536. The van der Waals surface area contributed by atoms with Gasteiger partial charge in [0.05, 0.1) is 4.92 Å². The van der Waals surface area contributed by atoms with E-state index in [1.165, 1.54) is 0 Å². The Balaban J connectivity index is 2.81. The summed E-state index contributed by atoms with van der Waals surface area (Å²) in [7, 11) is 0. The van der Waals surface area contributed by atoms with Crippen molar-refractivity contribution in [2.75, 3.05) is 0 Å². The van der Waals surface area contributed by atoms with Crippen molar-refractivity contribution in [3.05, 3.63) is 45.1 Å². The summed E-state index contributed by atoms with van der Waals surface area (Å²) in [5, 5.41) is 9.76. The van der Waals surface area contributed by atoms with Gasteiger partial charge in [-0.05, 0) is 6.07 Å². The van der Waals surface area contributed by atoms with Gasteiger partial charge < -0.3 is 0 Å². The van der Waals surface area contributed by atoms with E-state index in [4.69, 9.17) is 11.6 Å². The summed E-state index contributed by atoms with van der Waals surface area (Å²) in [6, 6.07) is 1.94. The molecule has 0 unspecified atom stereocenters. The number of hydrogen-bond donors (Lipinski definition) is 0. The van der Waals surface area contributed by atoms with Crippen molar-refractivity contribution in [1.82, 2.24) is 4.98 Å². The number of rotatable bonds is 1. The SMILES string of the molecule is O=[N+]([O-])c1cnc2c(F)c(Cl)c(F)cc2c1. The first kappa shape index (κ1) is 10.7. The first-order chi connectivity index (χ1) is 7.50. The van der Waals surface area contributed by atoms with E-state index >= 15 is 0 Å². The van der Waals surface area contributed by atoms with E-state index in [9.17, 15) is 18.9 Å². The highest BCUT2D eigenvalue weighted by molar-refractivity contribution is 6.31. The molecule has 0 amide bonds. The Labute approximate surface area is 92.6 Å². The molecule has 0 spiro atoms. The summed E-state index contributed by atoms with van der Waals surface area (Å²) >= 11 is 5.34. The van der Waals surface area contributed by atoms with E-state index in [0.29, 0.717) is 0 Å². The second kappa shape index (κ2) is 3.64. The van der Waals surface area contributed by atoms with Crippen molar-refractivity contribution in [3.63, 3.8) is 0 Å². The second-order valence-electron chi connectivity index (χ2n) is 3.01. The zero-order valence-electron chi connectivity index (χ0n) is 7.58. The largest absolute Gasteiger partial charge is 0.288 e. The van der Waals surface area contributed by atoms with Gasteiger partial charge in [0.25, 0.3) is 5.69 Å². The van der Waals surface area contributed by atoms with E-state index in [0.717, 1.165) is 18.3 Å². The fourth-order valence-corrected chi connectivity index (χ4v) is 1.42. The normalized spacial score (nSPS) is 10.7. The van der Waals surface area contributed by atoms with Crippen molar-refractivity contribution >= 4 is 28.2 Å². The molecule has 0 N–H and O–H groups in total. The molecular weight excluding hydrogens is 242 g/mol. The van der Waals surface area contributed by atoms with Crippen LogP contribution in [0.15, 0.2) is 18.3 Å². The lowest BCUT2D eigenvalue weighted by Crippen LogP contribution is -1.93. The molecule has 0 aliphatic carbocycles. The monoisotopic (exact) mass is 244 g/mol. The maximum atomic E-state index is 13.4. The molecular formula is C9H3ClF2N2O2. The number of nitro groups is 1. The van der Waals surface area contributed by atoms with E-state index in [1.807, 2.05) is 0 Å². The van der Waals surface area contributed by atoms with Crippen molar-refractivity contribution in [2.24, 2.45) is 0 Å². The van der Waals surface area contributed by atoms with Crippen molar-refractivity contribution in [3.8, 4) is 0 Å². The summed E-state index contributed by atoms with van der Waals surface area (Å²) < 4.78 is 26.5. The van der Waals surface area contributed by atoms with Gasteiger partial charge in [-0.1, -0.05) is 11.6 Å². The Kier molecular flexibility index (Phi) is 2.43. The van der Waals surface area contributed by atoms with Gasteiger partial charge in [0.15, 0.2) is 5.82 Å². The lowest BCUT2D eigenvalue weighted by Gasteiger charge is -2.01. The van der Waals surface area contributed by atoms with Crippen LogP contribution in [0, 0.1) is 21.7 Å². The Morgan fingerprint density at radius 1 is 1.38 bits per heavy atom. The van der Waals surface area contributed by atoms with Crippen LogP contribution in [0.5, 0.6) is 0 Å². The Bertz CT molecular complexity index is 604. The van der Waals surface area contributed by atoms with Gasteiger partial charge in [-0.15, -0.1) is 0 Å². The van der Waals surface area contributed by atoms with E-state index in [-0.39, 0.29) is 16.6 Å². The number of hydrogen-bond acceptors (Lipinski definition) is 3. The third-order valence-corrected chi connectivity index (χ3v) is 2.35. The number of benzene rings is 1. The molecule has 7 heteroatoms. The molecule has 0 bridgehead atoms. The van der Waals surface area contributed by atoms with Gasteiger partial charge in [-0.2, -0.15) is 0 Å². The molecule has 2 rings (SSSR count). The number of fused-ring (bicyclic) bond motifs is 1. The lowest BCUT2D eigenvalue weighted by molar-refractivity contribution is -0.385. The molecule has 82 valence electrons. The highest BCUT2D eigenvalue weighted by Crippen LogP contribution is 2.28. The average molecular weight is 245 g/mol. The van der Waals surface area contributed by atoms with E-state index in [1.54, 1.807) is 0 Å². The first-order valence-corrected chi connectivity index (χ1v) is 4.46. The zero-order chi connectivity index (χ0) is 11.9. The zero-order valence-corrected chi connectivity index (χ0v) is 8.33. The minimum atomic E-state index is -1.02. The Morgan fingerprint density at radius 2 is 2.06 bits per heavy atom. The van der Waals surface area contributed by atoms with Crippen molar-refractivity contribution in [2.45, 2.75) is 0 Å². The highest BCUT2D eigenvalue weighted by Gasteiger charge is 2.15. The van der Waals surface area contributed by atoms with Crippen LogP contribution in [0.2, 0.25) is 5.02 Å². The van der Waals surface area contributed by atoms with E-state index < -0.39 is 21.6 Å². The van der Waals surface area contributed by atoms with Gasteiger partial charge in [0.2, 0.25) is 0 Å². The van der Waals surface area contributed by atoms with Gasteiger partial charge in [-0.3, -0.25) is 10.1 Å². The predicted octanol–water partition coefficient (Wildman–Crippen LogP) is 3.07. The quantitative estimate of drug-likeness (QED) is 0.440. The van der Waals surface area contributed by atoms with Crippen LogP contribution in [0.4, 0.5) is 14.5 Å². The third-order valence-electron chi connectivity index (χ3n) is 2.01. The summed E-state index contributed by atoms with van der Waals surface area (Å²) in [4.78, 5) is 13.3. The van der Waals surface area contributed by atoms with Gasteiger partial charge in [0.1, 0.15) is 22.6 Å². The van der Waals surface area contributed by atoms with Crippen LogP contribution >= 0.6 is 11.6 Å². The van der Waals surface area contributed by atoms with Crippen LogP contribution in [-0.2, 0) is 0 Å². The summed E-state index contributed by atoms with van der Waals surface area (Å²) in [5.74, 6) is -2.00. The molecule has 1 heterocycles. The molecule has 0 saturated heterocycles. The van der Waals surface area contributed by atoms with Crippen LogP contribution in [-0.4, -0.2) is 9.91 Å². The number of nitrogens with zero attached hydrogens (tertiary/aromatic N) is 2. The molecule has 0 fully saturated rings. The summed E-state index contributed by atoms with van der Waals surface area (Å²) in [6.45, 7) is 0. The third kappa shape index (κ3) is 1.57. The molecule has 1 aromatic carbocycles. The van der Waals surface area contributed by atoms with E-state index in [2.05, 4.69) is 4.98 Å². The highest BCUT2D eigenvalue weighted by atomic mass is 35.5. The molecule has 0 aliphatic heterocycles. The standard InChI is InChI=1S/C9H3ClF2N2O2/c10-7-6(11)2-4-1-5(14(15)16)3-13-9(4)8(7)12/h1-3H. The first-order valence-electron chi connectivity index (χ1n) is 4.08. The molecule has 0 saturated carbocycles. The minimum absolute atomic E-state index is 0.00593. The molecule has 0 aliphatic rings. The fourth-order valence-electron chi connectivity index (χ4n) is 1.27. The summed E-state index contributed by atoms with van der Waals surface area (Å²) in [6.07, 6.45) is 0.889. The Hall–Kier alpha value is -1.82. The smallest absolute Gasteiger partial charge is 0.258 e. The number of aromatic nitrogens is 1. The Morgan fingerprint density at radius 3 is 2.69 bits per heavy atom. The second-order valence-corrected chi connectivity index (χ2v) is 3.39. The molecule has 16 heavy (non-hydrogen) atoms. The maximum absolute atomic E-state index is 13.4. The number of halogens is 3. The predicted molar refractivity (Wildman–Crippen MR) is 53.3 cm³/mol. The molecule has 0 radical (unpaired) electrons. The lowest BCUT2D eigenvalue weighted by atomic mass is 10.2. The van der Waals surface area contributed by atoms with Gasteiger partial charge in [0, 0.05) is 11.5 Å². The van der Waals surface area contributed by atoms with Crippen LogP contribution in [0.3, 0.4) is 0 Å². The van der Waals surface area contributed by atoms with Crippen molar-refractivity contribution < 1.29 is 13.7 Å². The topological polar surface area (TPSA) is 56.0 Å². The van der Waals surface area contributed by atoms with Gasteiger partial charge in [-0.25, -0.2) is 13.8 Å². The number of pyridine rings is 1. The fraction of sp³-hybridized carbons (Fsp3) is 0. The van der Waals surface area contributed by atoms with Crippen molar-refractivity contribution in [1.29, 1.82) is 0 Å².